The van der Waals surface area contributed by atoms with Gasteiger partial charge in [-0.25, -0.2) is 13.2 Å². The van der Waals surface area contributed by atoms with Gasteiger partial charge in [-0.2, -0.15) is 0 Å². The van der Waals surface area contributed by atoms with Crippen LogP contribution in [0.4, 0.5) is 13.2 Å². The van der Waals surface area contributed by atoms with E-state index in [1.807, 2.05) is 6.07 Å². The fourth-order valence-electron chi connectivity index (χ4n) is 4.06. The van der Waals surface area contributed by atoms with E-state index in [-0.39, 0.29) is 17.4 Å². The molecule has 1 saturated carbocycles. The van der Waals surface area contributed by atoms with Gasteiger partial charge >= 0.3 is 0 Å². The number of carbonyl (C=O) groups excluding carboxylic acids is 1. The maximum Gasteiger partial charge on any atom is 0.155 e. The van der Waals surface area contributed by atoms with Crippen molar-refractivity contribution in [2.75, 3.05) is 0 Å². The van der Waals surface area contributed by atoms with Crippen LogP contribution in [-0.2, 0) is 0 Å². The van der Waals surface area contributed by atoms with E-state index in [0.717, 1.165) is 36.5 Å². The summed E-state index contributed by atoms with van der Waals surface area (Å²) in [6.07, 6.45) is 7.05. The summed E-state index contributed by atoms with van der Waals surface area (Å²) in [4.78, 5) is 10.7. The molecule has 0 unspecified atom stereocenters. The van der Waals surface area contributed by atoms with Crippen LogP contribution in [0, 0.1) is 23.4 Å². The van der Waals surface area contributed by atoms with Gasteiger partial charge in [0.25, 0.3) is 0 Å². The summed E-state index contributed by atoms with van der Waals surface area (Å²) < 4.78 is 42.2. The van der Waals surface area contributed by atoms with E-state index in [1.54, 1.807) is 6.07 Å². The Kier molecular flexibility index (Phi) is 5.80. The number of carbonyl (C=O) groups is 1. The van der Waals surface area contributed by atoms with Crippen LogP contribution in [0.25, 0.3) is 11.1 Å². The van der Waals surface area contributed by atoms with E-state index in [1.165, 1.54) is 31.7 Å². The molecule has 3 rings (SSSR count). The number of aldehydes is 1. The Hall–Kier alpha value is -2.10. The lowest BCUT2D eigenvalue weighted by Gasteiger charge is -2.28. The molecule has 0 heterocycles. The van der Waals surface area contributed by atoms with Gasteiger partial charge in [-0.3, -0.25) is 4.79 Å². The molecule has 0 aliphatic heterocycles. The third-order valence-electron chi connectivity index (χ3n) is 5.52. The summed E-state index contributed by atoms with van der Waals surface area (Å²) in [6, 6.07) is 6.93. The van der Waals surface area contributed by atoms with Crippen molar-refractivity contribution in [3.63, 3.8) is 0 Å². The number of hydrogen-bond donors (Lipinski definition) is 0. The Morgan fingerprint density at radius 1 is 0.962 bits per heavy atom. The minimum absolute atomic E-state index is 0.0984. The molecule has 0 spiro atoms. The van der Waals surface area contributed by atoms with Crippen LogP contribution >= 0.6 is 0 Å². The minimum atomic E-state index is -0.979. The first-order valence-corrected chi connectivity index (χ1v) is 9.27. The predicted octanol–water partition coefficient (Wildman–Crippen LogP) is 6.66. The largest absolute Gasteiger partial charge is 0.298 e. The summed E-state index contributed by atoms with van der Waals surface area (Å²) in [5.74, 6) is -1.32. The van der Waals surface area contributed by atoms with Crippen LogP contribution in [0.1, 0.15) is 67.3 Å². The fraction of sp³-hybridized carbons (Fsp3) is 0.409. The van der Waals surface area contributed by atoms with Gasteiger partial charge in [0.2, 0.25) is 0 Å². The summed E-state index contributed by atoms with van der Waals surface area (Å²) >= 11 is 0. The zero-order valence-electron chi connectivity index (χ0n) is 14.9. The molecule has 0 saturated heterocycles. The highest BCUT2D eigenvalue weighted by Crippen LogP contribution is 2.38. The molecule has 0 atom stereocenters. The SMILES string of the molecule is CCC[C@H]1CC[C@H](c2ccc(-c3cc(F)c(C=O)c(F)c3)c(F)c2)CC1. The maximum absolute atomic E-state index is 14.6. The van der Waals surface area contributed by atoms with Crippen LogP contribution in [0.2, 0.25) is 0 Å². The normalized spacial score (nSPS) is 20.2. The molecule has 1 aliphatic rings. The molecule has 0 N–H and O–H groups in total. The quantitative estimate of drug-likeness (QED) is 0.545. The molecule has 138 valence electrons. The molecule has 2 aromatic carbocycles. The lowest BCUT2D eigenvalue weighted by molar-refractivity contribution is 0.111. The highest BCUT2D eigenvalue weighted by molar-refractivity contribution is 5.78. The molecule has 0 radical (unpaired) electrons. The van der Waals surface area contributed by atoms with Crippen molar-refractivity contribution in [2.24, 2.45) is 5.92 Å². The van der Waals surface area contributed by atoms with Gasteiger partial charge in [0, 0.05) is 5.56 Å². The van der Waals surface area contributed by atoms with Gasteiger partial charge in [0.05, 0.1) is 5.56 Å². The van der Waals surface area contributed by atoms with Crippen molar-refractivity contribution in [1.29, 1.82) is 0 Å². The van der Waals surface area contributed by atoms with Gasteiger partial charge in [-0.1, -0.05) is 31.9 Å². The molecule has 0 amide bonds. The Balaban J connectivity index is 1.81. The molecular weight excluding hydrogens is 337 g/mol. The molecular formula is C22H23F3O. The Bertz CT molecular complexity index is 769. The summed E-state index contributed by atoms with van der Waals surface area (Å²) in [7, 11) is 0. The second-order valence-electron chi connectivity index (χ2n) is 7.22. The molecule has 2 aromatic rings. The van der Waals surface area contributed by atoms with Crippen LogP contribution in [0.15, 0.2) is 30.3 Å². The molecule has 1 nitrogen and oxygen atoms in total. The monoisotopic (exact) mass is 360 g/mol. The van der Waals surface area contributed by atoms with Gasteiger partial charge in [0.15, 0.2) is 6.29 Å². The smallest absolute Gasteiger partial charge is 0.155 e. The Morgan fingerprint density at radius 3 is 2.15 bits per heavy atom. The molecule has 26 heavy (non-hydrogen) atoms. The first kappa shape index (κ1) is 18.7. The standard InChI is InChI=1S/C22H23F3O/c1-2-3-14-4-6-15(7-5-14)16-8-9-18(20(23)10-16)17-11-21(24)19(13-26)22(25)12-17/h8-15H,2-7H2,1H3/t14-,15-. The van der Waals surface area contributed by atoms with E-state index in [9.17, 15) is 18.0 Å². The highest BCUT2D eigenvalue weighted by Gasteiger charge is 2.23. The Labute approximate surface area is 152 Å². The molecule has 0 bridgehead atoms. The minimum Gasteiger partial charge on any atom is -0.298 e. The summed E-state index contributed by atoms with van der Waals surface area (Å²) in [5, 5.41) is 0. The molecule has 0 aromatic heterocycles. The number of rotatable bonds is 5. The third-order valence-corrected chi connectivity index (χ3v) is 5.52. The average molecular weight is 360 g/mol. The maximum atomic E-state index is 14.6. The van der Waals surface area contributed by atoms with Crippen LogP contribution < -0.4 is 0 Å². The zero-order valence-corrected chi connectivity index (χ0v) is 14.9. The van der Waals surface area contributed by atoms with Crippen molar-refractivity contribution in [1.82, 2.24) is 0 Å². The van der Waals surface area contributed by atoms with Crippen molar-refractivity contribution in [3.05, 3.63) is 58.9 Å². The van der Waals surface area contributed by atoms with E-state index < -0.39 is 23.0 Å². The number of benzene rings is 2. The van der Waals surface area contributed by atoms with E-state index in [4.69, 9.17) is 0 Å². The van der Waals surface area contributed by atoms with Crippen molar-refractivity contribution >= 4 is 6.29 Å². The van der Waals surface area contributed by atoms with Gasteiger partial charge in [0.1, 0.15) is 17.5 Å². The zero-order chi connectivity index (χ0) is 18.7. The van der Waals surface area contributed by atoms with E-state index in [0.29, 0.717) is 5.92 Å². The second-order valence-corrected chi connectivity index (χ2v) is 7.22. The van der Waals surface area contributed by atoms with Crippen molar-refractivity contribution in [3.8, 4) is 11.1 Å². The predicted molar refractivity (Wildman–Crippen MR) is 96.7 cm³/mol. The average Bonchev–Trinajstić information content (AvgIpc) is 2.62. The first-order chi connectivity index (χ1) is 12.5. The molecule has 1 fully saturated rings. The van der Waals surface area contributed by atoms with Crippen molar-refractivity contribution in [2.45, 2.75) is 51.4 Å². The number of halogens is 3. The van der Waals surface area contributed by atoms with Crippen LogP contribution in [-0.4, -0.2) is 6.29 Å². The van der Waals surface area contributed by atoms with Crippen LogP contribution in [0.3, 0.4) is 0 Å². The van der Waals surface area contributed by atoms with Gasteiger partial charge in [-0.05, 0) is 66.8 Å². The van der Waals surface area contributed by atoms with Crippen molar-refractivity contribution < 1.29 is 18.0 Å². The summed E-state index contributed by atoms with van der Waals surface area (Å²) in [6.45, 7) is 2.20. The van der Waals surface area contributed by atoms with Gasteiger partial charge in [-0.15, -0.1) is 0 Å². The number of hydrogen-bond acceptors (Lipinski definition) is 1. The fourth-order valence-corrected chi connectivity index (χ4v) is 4.06. The molecule has 4 heteroatoms. The molecule has 1 aliphatic carbocycles. The highest BCUT2D eigenvalue weighted by atomic mass is 19.1. The lowest BCUT2D eigenvalue weighted by atomic mass is 9.77. The lowest BCUT2D eigenvalue weighted by Crippen LogP contribution is -2.13. The Morgan fingerprint density at radius 2 is 1.62 bits per heavy atom. The topological polar surface area (TPSA) is 17.1 Å². The third kappa shape index (κ3) is 3.84. The van der Waals surface area contributed by atoms with E-state index in [2.05, 4.69) is 6.92 Å². The second kappa shape index (κ2) is 8.07. The van der Waals surface area contributed by atoms with Crippen LogP contribution in [0.5, 0.6) is 0 Å². The van der Waals surface area contributed by atoms with E-state index >= 15 is 0 Å². The first-order valence-electron chi connectivity index (χ1n) is 9.27. The van der Waals surface area contributed by atoms with Gasteiger partial charge < -0.3 is 0 Å². The summed E-state index contributed by atoms with van der Waals surface area (Å²) in [5.41, 5.74) is 0.561.